The summed E-state index contributed by atoms with van der Waals surface area (Å²) in [6, 6.07) is 0.485. The molecule has 1 aliphatic heterocycles. The maximum atomic E-state index is 4.34. The van der Waals surface area contributed by atoms with Gasteiger partial charge in [-0.15, -0.1) is 0 Å². The van der Waals surface area contributed by atoms with Gasteiger partial charge in [0.05, 0.1) is 0 Å². The first-order valence-corrected chi connectivity index (χ1v) is 8.24. The molecule has 1 fully saturated rings. The Hall–Kier alpha value is -0.770. The molecule has 118 valence electrons. The largest absolute Gasteiger partial charge is 0.356 e. The van der Waals surface area contributed by atoms with Gasteiger partial charge in [-0.25, -0.2) is 0 Å². The van der Waals surface area contributed by atoms with E-state index in [0.717, 1.165) is 24.3 Å². The maximum absolute atomic E-state index is 4.34. The van der Waals surface area contributed by atoms with Gasteiger partial charge in [-0.2, -0.15) is 0 Å². The summed E-state index contributed by atoms with van der Waals surface area (Å²) < 4.78 is 0. The van der Waals surface area contributed by atoms with Crippen LogP contribution in [0.25, 0.3) is 0 Å². The van der Waals surface area contributed by atoms with Gasteiger partial charge in [0, 0.05) is 26.2 Å². The Morgan fingerprint density at radius 1 is 1.30 bits per heavy atom. The van der Waals surface area contributed by atoms with Crippen molar-refractivity contribution in [3.63, 3.8) is 0 Å². The quantitative estimate of drug-likeness (QED) is 0.556. The van der Waals surface area contributed by atoms with Crippen LogP contribution in [0.3, 0.4) is 0 Å². The predicted octanol–water partition coefficient (Wildman–Crippen LogP) is 2.32. The average molecular weight is 282 g/mol. The van der Waals surface area contributed by atoms with Gasteiger partial charge in [0.2, 0.25) is 0 Å². The zero-order valence-electron chi connectivity index (χ0n) is 14.1. The predicted molar refractivity (Wildman–Crippen MR) is 88.3 cm³/mol. The summed E-state index contributed by atoms with van der Waals surface area (Å²) in [4.78, 5) is 6.86. The average Bonchev–Trinajstić information content (AvgIpc) is 2.89. The van der Waals surface area contributed by atoms with Gasteiger partial charge in [-0.3, -0.25) is 4.99 Å². The molecule has 2 unspecified atom stereocenters. The standard InChI is InChI=1S/C16H34N4/c1-6-20-10-9-15(12-20)11-18-16(17-5)19-14(4)8-7-13(2)3/h13-15H,6-12H2,1-5H3,(H2,17,18,19). The molecule has 0 aromatic rings. The fourth-order valence-corrected chi connectivity index (χ4v) is 2.69. The molecule has 4 nitrogen and oxygen atoms in total. The second kappa shape index (κ2) is 9.22. The van der Waals surface area contributed by atoms with E-state index < -0.39 is 0 Å². The molecular weight excluding hydrogens is 248 g/mol. The summed E-state index contributed by atoms with van der Waals surface area (Å²) in [7, 11) is 1.86. The lowest BCUT2D eigenvalue weighted by atomic mass is 10.0. The van der Waals surface area contributed by atoms with E-state index >= 15 is 0 Å². The molecule has 0 aromatic heterocycles. The van der Waals surface area contributed by atoms with Crippen molar-refractivity contribution in [1.29, 1.82) is 0 Å². The zero-order valence-corrected chi connectivity index (χ0v) is 14.1. The van der Waals surface area contributed by atoms with Crippen LogP contribution < -0.4 is 10.6 Å². The van der Waals surface area contributed by atoms with Gasteiger partial charge in [-0.05, 0) is 51.1 Å². The minimum absolute atomic E-state index is 0.485. The Morgan fingerprint density at radius 3 is 2.60 bits per heavy atom. The van der Waals surface area contributed by atoms with Gasteiger partial charge < -0.3 is 15.5 Å². The van der Waals surface area contributed by atoms with Crippen LogP contribution in [-0.4, -0.2) is 50.1 Å². The van der Waals surface area contributed by atoms with Gasteiger partial charge in [0.25, 0.3) is 0 Å². The number of hydrogen-bond acceptors (Lipinski definition) is 2. The molecule has 0 amide bonds. The first-order valence-electron chi connectivity index (χ1n) is 8.24. The van der Waals surface area contributed by atoms with Crippen molar-refractivity contribution in [2.24, 2.45) is 16.8 Å². The van der Waals surface area contributed by atoms with E-state index in [-0.39, 0.29) is 0 Å². The van der Waals surface area contributed by atoms with E-state index in [4.69, 9.17) is 0 Å². The minimum atomic E-state index is 0.485. The molecule has 0 saturated carbocycles. The van der Waals surface area contributed by atoms with Crippen LogP contribution in [-0.2, 0) is 0 Å². The number of guanidine groups is 1. The second-order valence-corrected chi connectivity index (χ2v) is 6.52. The van der Waals surface area contributed by atoms with Gasteiger partial charge in [0.15, 0.2) is 5.96 Å². The van der Waals surface area contributed by atoms with Crippen LogP contribution in [0.2, 0.25) is 0 Å². The molecule has 0 spiro atoms. The summed E-state index contributed by atoms with van der Waals surface area (Å²) in [6.45, 7) is 13.7. The van der Waals surface area contributed by atoms with Crippen molar-refractivity contribution in [2.45, 2.75) is 53.0 Å². The third-order valence-corrected chi connectivity index (χ3v) is 4.16. The Bertz CT molecular complexity index is 288. The SMILES string of the molecule is CCN1CCC(CNC(=NC)NC(C)CCC(C)C)C1. The highest BCUT2D eigenvalue weighted by Crippen LogP contribution is 2.14. The Morgan fingerprint density at radius 2 is 2.05 bits per heavy atom. The molecule has 0 bridgehead atoms. The Kier molecular flexibility index (Phi) is 7.97. The van der Waals surface area contributed by atoms with Crippen LogP contribution >= 0.6 is 0 Å². The molecule has 1 saturated heterocycles. The molecule has 1 aliphatic rings. The minimum Gasteiger partial charge on any atom is -0.356 e. The van der Waals surface area contributed by atoms with Crippen molar-refractivity contribution in [3.8, 4) is 0 Å². The van der Waals surface area contributed by atoms with E-state index in [1.165, 1.54) is 38.9 Å². The monoisotopic (exact) mass is 282 g/mol. The second-order valence-electron chi connectivity index (χ2n) is 6.52. The van der Waals surface area contributed by atoms with Crippen molar-refractivity contribution in [1.82, 2.24) is 15.5 Å². The summed E-state index contributed by atoms with van der Waals surface area (Å²) in [5.41, 5.74) is 0. The first kappa shape index (κ1) is 17.3. The highest BCUT2D eigenvalue weighted by Gasteiger charge is 2.21. The summed E-state index contributed by atoms with van der Waals surface area (Å²) >= 11 is 0. The first-order chi connectivity index (χ1) is 9.55. The molecule has 0 radical (unpaired) electrons. The molecule has 4 heteroatoms. The maximum Gasteiger partial charge on any atom is 0.191 e. The van der Waals surface area contributed by atoms with Gasteiger partial charge in [-0.1, -0.05) is 20.8 Å². The highest BCUT2D eigenvalue weighted by molar-refractivity contribution is 5.79. The Balaban J connectivity index is 2.23. The molecule has 2 N–H and O–H groups in total. The van der Waals surface area contributed by atoms with Gasteiger partial charge in [0.1, 0.15) is 0 Å². The number of rotatable bonds is 7. The molecule has 1 heterocycles. The summed E-state index contributed by atoms with van der Waals surface area (Å²) in [5, 5.41) is 6.98. The fourth-order valence-electron chi connectivity index (χ4n) is 2.69. The van der Waals surface area contributed by atoms with Crippen molar-refractivity contribution >= 4 is 5.96 Å². The van der Waals surface area contributed by atoms with Gasteiger partial charge >= 0.3 is 0 Å². The topological polar surface area (TPSA) is 39.7 Å². The van der Waals surface area contributed by atoms with Crippen LogP contribution in [0, 0.1) is 11.8 Å². The molecular formula is C16H34N4. The number of aliphatic imine (C=N–C) groups is 1. The van der Waals surface area contributed by atoms with E-state index in [1.54, 1.807) is 0 Å². The van der Waals surface area contributed by atoms with Crippen LogP contribution in [0.5, 0.6) is 0 Å². The van der Waals surface area contributed by atoms with Crippen molar-refractivity contribution in [3.05, 3.63) is 0 Å². The van der Waals surface area contributed by atoms with E-state index in [9.17, 15) is 0 Å². The summed E-state index contributed by atoms with van der Waals surface area (Å²) in [6.07, 6.45) is 3.77. The zero-order chi connectivity index (χ0) is 15.0. The van der Waals surface area contributed by atoms with Crippen LogP contribution in [0.1, 0.15) is 47.0 Å². The highest BCUT2D eigenvalue weighted by atomic mass is 15.2. The van der Waals surface area contributed by atoms with Crippen molar-refractivity contribution in [2.75, 3.05) is 33.2 Å². The smallest absolute Gasteiger partial charge is 0.191 e. The molecule has 0 aliphatic carbocycles. The normalized spacial score (nSPS) is 22.3. The number of nitrogens with zero attached hydrogens (tertiary/aromatic N) is 2. The van der Waals surface area contributed by atoms with E-state index in [1.807, 2.05) is 7.05 Å². The third kappa shape index (κ3) is 6.60. The number of likely N-dealkylation sites (tertiary alicyclic amines) is 1. The number of nitrogens with one attached hydrogen (secondary N) is 2. The fraction of sp³-hybridized carbons (Fsp3) is 0.938. The molecule has 1 rings (SSSR count). The van der Waals surface area contributed by atoms with E-state index in [0.29, 0.717) is 6.04 Å². The third-order valence-electron chi connectivity index (χ3n) is 4.16. The molecule has 20 heavy (non-hydrogen) atoms. The lowest BCUT2D eigenvalue weighted by Crippen LogP contribution is -2.44. The lowest BCUT2D eigenvalue weighted by molar-refractivity contribution is 0.341. The number of hydrogen-bond donors (Lipinski definition) is 2. The summed E-state index contributed by atoms with van der Waals surface area (Å²) in [5.74, 6) is 2.49. The molecule has 0 aromatic carbocycles. The van der Waals surface area contributed by atoms with Crippen molar-refractivity contribution < 1.29 is 0 Å². The van der Waals surface area contributed by atoms with Crippen LogP contribution in [0.15, 0.2) is 4.99 Å². The Labute approximate surface area is 125 Å². The van der Waals surface area contributed by atoms with Crippen LogP contribution in [0.4, 0.5) is 0 Å². The molecule has 2 atom stereocenters. The lowest BCUT2D eigenvalue weighted by Gasteiger charge is -2.20. The van der Waals surface area contributed by atoms with E-state index in [2.05, 4.69) is 48.2 Å².